The third kappa shape index (κ3) is 6.22. The van der Waals surface area contributed by atoms with Gasteiger partial charge in [0.25, 0.3) is 0 Å². The molecule has 2 N–H and O–H groups in total. The second kappa shape index (κ2) is 12.2. The summed E-state index contributed by atoms with van der Waals surface area (Å²) < 4.78 is 13.5. The van der Waals surface area contributed by atoms with Crippen molar-refractivity contribution >= 4 is 44.8 Å². The number of benzene rings is 2. The van der Waals surface area contributed by atoms with Gasteiger partial charge in [-0.3, -0.25) is 19.4 Å². The fourth-order valence-electron chi connectivity index (χ4n) is 5.36. The van der Waals surface area contributed by atoms with Crippen molar-refractivity contribution in [3.63, 3.8) is 0 Å². The van der Waals surface area contributed by atoms with Gasteiger partial charge in [0.15, 0.2) is 0 Å². The average Bonchev–Trinajstić information content (AvgIpc) is 3.32. The molecule has 0 aliphatic carbocycles. The van der Waals surface area contributed by atoms with E-state index in [1.807, 2.05) is 68.2 Å². The lowest BCUT2D eigenvalue weighted by Gasteiger charge is -2.37. The summed E-state index contributed by atoms with van der Waals surface area (Å²) in [5.41, 5.74) is 4.58. The maximum absolute atomic E-state index is 13.0. The van der Waals surface area contributed by atoms with Gasteiger partial charge in [0.2, 0.25) is 5.91 Å². The van der Waals surface area contributed by atoms with Gasteiger partial charge < -0.3 is 20.1 Å². The summed E-state index contributed by atoms with van der Waals surface area (Å²) in [6, 6.07) is 11.9. The molecule has 10 nitrogen and oxygen atoms in total. The highest BCUT2D eigenvalue weighted by molar-refractivity contribution is 6.05. The molecule has 2 aromatic carbocycles. The van der Waals surface area contributed by atoms with E-state index < -0.39 is 0 Å². The first-order valence-electron chi connectivity index (χ1n) is 14.3. The Balaban J connectivity index is 1.48. The highest BCUT2D eigenvalue weighted by Crippen LogP contribution is 2.38. The van der Waals surface area contributed by atoms with Crippen molar-refractivity contribution in [3.05, 3.63) is 59.9 Å². The number of hydrogen-bond acceptors (Lipinski definition) is 8. The topological polar surface area (TPSA) is 117 Å². The van der Waals surface area contributed by atoms with Crippen molar-refractivity contribution < 1.29 is 14.3 Å². The lowest BCUT2D eigenvalue weighted by Crippen LogP contribution is -2.48. The molecule has 3 heterocycles. The number of anilines is 3. The Morgan fingerprint density at radius 1 is 1.26 bits per heavy atom. The number of rotatable bonds is 9. The maximum atomic E-state index is 13.0. The molecule has 0 saturated carbocycles. The molecule has 42 heavy (non-hydrogen) atoms. The molecule has 1 aliphatic heterocycles. The average molecular weight is 568 g/mol. The van der Waals surface area contributed by atoms with Crippen LogP contribution < -0.4 is 15.4 Å². The lowest BCUT2D eigenvalue weighted by molar-refractivity contribution is -0.111. The Morgan fingerprint density at radius 2 is 2.10 bits per heavy atom. The Bertz CT molecular complexity index is 1700. The first-order valence-corrected chi connectivity index (χ1v) is 14.3. The molecule has 4 aromatic rings. The molecule has 1 fully saturated rings. The number of hydrogen-bond donors (Lipinski definition) is 2. The molecule has 10 heteroatoms. The largest absolute Gasteiger partial charge is 0.492 e. The predicted octanol–water partition coefficient (Wildman–Crippen LogP) is 5.30. The van der Waals surface area contributed by atoms with Crippen LogP contribution in [0, 0.1) is 11.3 Å². The second-order valence-electron chi connectivity index (χ2n) is 11.0. The van der Waals surface area contributed by atoms with Crippen molar-refractivity contribution in [2.75, 3.05) is 43.5 Å². The molecular weight excluding hydrogens is 530 g/mol. The van der Waals surface area contributed by atoms with Crippen molar-refractivity contribution in [2.24, 2.45) is 7.05 Å². The van der Waals surface area contributed by atoms with Crippen molar-refractivity contribution in [1.29, 1.82) is 5.26 Å². The summed E-state index contributed by atoms with van der Waals surface area (Å²) in [4.78, 5) is 20.1. The molecule has 1 amide bonds. The van der Waals surface area contributed by atoms with Crippen LogP contribution in [0.15, 0.2) is 48.7 Å². The van der Waals surface area contributed by atoms with Crippen LogP contribution in [0.3, 0.4) is 0 Å². The smallest absolute Gasteiger partial charge is 0.248 e. The number of pyridine rings is 1. The van der Waals surface area contributed by atoms with Crippen LogP contribution in [0.4, 0.5) is 17.1 Å². The zero-order valence-electron chi connectivity index (χ0n) is 24.8. The predicted molar refractivity (Wildman–Crippen MR) is 165 cm³/mol. The van der Waals surface area contributed by atoms with Crippen molar-refractivity contribution in [1.82, 2.24) is 19.7 Å². The van der Waals surface area contributed by atoms with E-state index in [1.165, 1.54) is 0 Å². The zero-order valence-corrected chi connectivity index (χ0v) is 24.8. The number of ether oxygens (including phenoxy) is 2. The molecule has 1 aliphatic rings. The van der Waals surface area contributed by atoms with Gasteiger partial charge in [-0.2, -0.15) is 10.4 Å². The van der Waals surface area contributed by atoms with Gasteiger partial charge in [0, 0.05) is 55.3 Å². The molecule has 0 spiro atoms. The van der Waals surface area contributed by atoms with Crippen molar-refractivity contribution in [2.45, 2.75) is 39.7 Å². The quantitative estimate of drug-likeness (QED) is 0.262. The van der Waals surface area contributed by atoms with Gasteiger partial charge in [-0.25, -0.2) is 0 Å². The van der Waals surface area contributed by atoms with Gasteiger partial charge in [-0.05, 0) is 51.5 Å². The van der Waals surface area contributed by atoms with E-state index in [4.69, 9.17) is 14.5 Å². The van der Waals surface area contributed by atoms with Crippen LogP contribution in [-0.2, 0) is 23.0 Å². The number of morpholine rings is 1. The fraction of sp³-hybridized carbons (Fsp3) is 0.375. The number of amides is 1. The molecule has 0 atom stereocenters. The summed E-state index contributed by atoms with van der Waals surface area (Å²) in [5, 5.41) is 22.6. The minimum absolute atomic E-state index is 0.199. The third-order valence-corrected chi connectivity index (χ3v) is 7.32. The van der Waals surface area contributed by atoms with Gasteiger partial charge in [0.05, 0.1) is 58.7 Å². The van der Waals surface area contributed by atoms with Crippen LogP contribution in [0.1, 0.15) is 39.0 Å². The molecule has 5 rings (SSSR count). The summed E-state index contributed by atoms with van der Waals surface area (Å²) in [5.74, 6) is 0.252. The van der Waals surface area contributed by atoms with Crippen LogP contribution in [-0.4, -0.2) is 64.0 Å². The monoisotopic (exact) mass is 567 g/mol. The van der Waals surface area contributed by atoms with Crippen LogP contribution >= 0.6 is 0 Å². The second-order valence-corrected chi connectivity index (χ2v) is 11.0. The molecular formula is C32H37N7O3. The van der Waals surface area contributed by atoms with E-state index in [0.29, 0.717) is 65.5 Å². The van der Waals surface area contributed by atoms with E-state index in [1.54, 1.807) is 6.08 Å². The SMILES string of the molecule is CCOc1cc2nc(CC)c(C#N)c(Nc3ccc4c(cnn4C)c3)c2cc1NC(=O)/C=C/CN1CCOC(C)(C)C1. The first-order chi connectivity index (χ1) is 20.2. The number of carbonyl (C=O) groups excluding carboxylic acids is 1. The number of fused-ring (bicyclic) bond motifs is 2. The Morgan fingerprint density at radius 3 is 2.83 bits per heavy atom. The molecule has 0 unspecified atom stereocenters. The molecule has 1 saturated heterocycles. The van der Waals surface area contributed by atoms with Gasteiger partial charge in [0.1, 0.15) is 11.8 Å². The van der Waals surface area contributed by atoms with Crippen LogP contribution in [0.2, 0.25) is 0 Å². The van der Waals surface area contributed by atoms with E-state index in [0.717, 1.165) is 29.7 Å². The Hall–Kier alpha value is -4.46. The first kappa shape index (κ1) is 29.0. The number of nitriles is 1. The molecule has 0 radical (unpaired) electrons. The maximum Gasteiger partial charge on any atom is 0.248 e. The Kier molecular flexibility index (Phi) is 8.43. The third-order valence-electron chi connectivity index (χ3n) is 7.32. The highest BCUT2D eigenvalue weighted by atomic mass is 16.5. The molecule has 218 valence electrons. The summed E-state index contributed by atoms with van der Waals surface area (Å²) in [6.45, 7) is 11.4. The summed E-state index contributed by atoms with van der Waals surface area (Å²) in [6.07, 6.45) is 5.80. The van der Waals surface area contributed by atoms with Crippen LogP contribution in [0.5, 0.6) is 5.75 Å². The van der Waals surface area contributed by atoms with Crippen LogP contribution in [0.25, 0.3) is 21.8 Å². The standard InChI is InChI=1S/C32H37N7O3/c1-6-25-24(18-33)31(35-22-10-11-28-21(15-22)19-34-38(28)5)23-16-27(29(41-7-2)17-26(23)36-25)37-30(40)9-8-12-39-13-14-42-32(3,4)20-39/h8-11,15-17,19H,6-7,12-14,20H2,1-5H3,(H,35,36)(H,37,40)/b9-8+. The zero-order chi connectivity index (χ0) is 29.9. The van der Waals surface area contributed by atoms with E-state index >= 15 is 0 Å². The number of aromatic nitrogens is 3. The Labute approximate surface area is 245 Å². The highest BCUT2D eigenvalue weighted by Gasteiger charge is 2.26. The number of nitrogens with one attached hydrogen (secondary N) is 2. The number of nitrogens with zero attached hydrogens (tertiary/aromatic N) is 5. The van der Waals surface area contributed by atoms with E-state index in [9.17, 15) is 10.1 Å². The van der Waals surface area contributed by atoms with Gasteiger partial charge in [-0.1, -0.05) is 13.0 Å². The minimum atomic E-state index is -0.266. The number of aryl methyl sites for hydroxylation is 2. The lowest BCUT2D eigenvalue weighted by atomic mass is 10.0. The minimum Gasteiger partial charge on any atom is -0.492 e. The summed E-state index contributed by atoms with van der Waals surface area (Å²) >= 11 is 0. The normalized spacial score (nSPS) is 15.2. The van der Waals surface area contributed by atoms with E-state index in [2.05, 4.69) is 40.5 Å². The van der Waals surface area contributed by atoms with E-state index in [-0.39, 0.29) is 11.5 Å². The van der Waals surface area contributed by atoms with Crippen molar-refractivity contribution in [3.8, 4) is 11.8 Å². The van der Waals surface area contributed by atoms with Gasteiger partial charge in [-0.15, -0.1) is 0 Å². The summed E-state index contributed by atoms with van der Waals surface area (Å²) in [7, 11) is 1.90. The van der Waals surface area contributed by atoms with Gasteiger partial charge >= 0.3 is 0 Å². The molecule has 0 bridgehead atoms. The fourth-order valence-corrected chi connectivity index (χ4v) is 5.36. The number of carbonyl (C=O) groups is 1. The molecule has 2 aromatic heterocycles.